The molecule has 1 N–H and O–H groups in total. The van der Waals surface area contributed by atoms with E-state index in [4.69, 9.17) is 16.3 Å². The molecule has 0 unspecified atom stereocenters. The van der Waals surface area contributed by atoms with E-state index in [1.165, 1.54) is 0 Å². The minimum atomic E-state index is -0.607. The number of amides is 2. The Balaban J connectivity index is 2.24. The number of carbonyl (C=O) groups is 2. The Morgan fingerprint density at radius 2 is 1.84 bits per heavy atom. The van der Waals surface area contributed by atoms with Gasteiger partial charge in [-0.1, -0.05) is 62.7 Å². The number of hydrogen-bond acceptors (Lipinski definition) is 3. The number of rotatable bonds is 10. The maximum absolute atomic E-state index is 13.2. The third-order valence-electron chi connectivity index (χ3n) is 5.06. The van der Waals surface area contributed by atoms with Crippen LogP contribution in [0.2, 0.25) is 5.02 Å². The summed E-state index contributed by atoms with van der Waals surface area (Å²) in [4.78, 5) is 27.7. The Morgan fingerprint density at radius 1 is 1.13 bits per heavy atom. The zero-order valence-electron chi connectivity index (χ0n) is 19.1. The van der Waals surface area contributed by atoms with Gasteiger partial charge in [0, 0.05) is 18.1 Å². The molecule has 6 heteroatoms. The number of halogens is 1. The topological polar surface area (TPSA) is 58.6 Å². The number of nitrogens with zero attached hydrogens (tertiary/aromatic N) is 1. The van der Waals surface area contributed by atoms with Gasteiger partial charge in [-0.2, -0.15) is 0 Å². The van der Waals surface area contributed by atoms with Crippen molar-refractivity contribution in [2.75, 3.05) is 13.2 Å². The molecule has 0 saturated carbocycles. The van der Waals surface area contributed by atoms with Gasteiger partial charge in [0.05, 0.1) is 0 Å². The van der Waals surface area contributed by atoms with Crippen LogP contribution in [0.5, 0.6) is 5.75 Å². The molecule has 31 heavy (non-hydrogen) atoms. The predicted octanol–water partition coefficient (Wildman–Crippen LogP) is 4.92. The van der Waals surface area contributed by atoms with Gasteiger partial charge in [0.2, 0.25) is 5.91 Å². The summed E-state index contributed by atoms with van der Waals surface area (Å²) < 4.78 is 5.85. The van der Waals surface area contributed by atoms with Crippen LogP contribution in [0.25, 0.3) is 0 Å². The van der Waals surface area contributed by atoms with Crippen molar-refractivity contribution in [3.63, 3.8) is 0 Å². The molecule has 0 aliphatic heterocycles. The van der Waals surface area contributed by atoms with E-state index in [1.54, 1.807) is 11.0 Å². The summed E-state index contributed by atoms with van der Waals surface area (Å²) in [5.41, 5.74) is 2.80. The summed E-state index contributed by atoms with van der Waals surface area (Å²) in [6, 6.07) is 12.6. The second-order valence-electron chi connectivity index (χ2n) is 8.23. The molecule has 168 valence electrons. The van der Waals surface area contributed by atoms with E-state index in [-0.39, 0.29) is 25.0 Å². The number of carbonyl (C=O) groups excluding carboxylic acids is 2. The van der Waals surface area contributed by atoms with Crippen molar-refractivity contribution < 1.29 is 14.3 Å². The van der Waals surface area contributed by atoms with Crippen molar-refractivity contribution in [2.24, 2.45) is 5.92 Å². The minimum Gasteiger partial charge on any atom is -0.483 e. The summed E-state index contributed by atoms with van der Waals surface area (Å²) in [6.07, 6.45) is 0.490. The van der Waals surface area contributed by atoms with E-state index in [9.17, 15) is 9.59 Å². The van der Waals surface area contributed by atoms with E-state index >= 15 is 0 Å². The van der Waals surface area contributed by atoms with Gasteiger partial charge < -0.3 is 15.0 Å². The summed E-state index contributed by atoms with van der Waals surface area (Å²) in [7, 11) is 0. The maximum atomic E-state index is 13.2. The Bertz CT molecular complexity index is 898. The van der Waals surface area contributed by atoms with Crippen molar-refractivity contribution >= 4 is 23.4 Å². The number of benzene rings is 2. The predicted molar refractivity (Wildman–Crippen MR) is 125 cm³/mol. The molecule has 0 spiro atoms. The molecule has 1 atom stereocenters. The van der Waals surface area contributed by atoms with Gasteiger partial charge in [-0.25, -0.2) is 0 Å². The fraction of sp³-hybridized carbons (Fsp3) is 0.440. The van der Waals surface area contributed by atoms with Crippen LogP contribution in [0.4, 0.5) is 0 Å². The Morgan fingerprint density at radius 3 is 2.48 bits per heavy atom. The molecule has 0 saturated heterocycles. The van der Waals surface area contributed by atoms with E-state index in [1.807, 2.05) is 71.0 Å². The lowest BCUT2D eigenvalue weighted by Crippen LogP contribution is -2.50. The first kappa shape index (κ1) is 24.7. The van der Waals surface area contributed by atoms with Crippen molar-refractivity contribution in [1.29, 1.82) is 0 Å². The number of ether oxygens (including phenoxy) is 1. The third kappa shape index (κ3) is 7.28. The van der Waals surface area contributed by atoms with E-state index in [0.29, 0.717) is 29.7 Å². The van der Waals surface area contributed by atoms with Gasteiger partial charge >= 0.3 is 0 Å². The Hall–Kier alpha value is -2.53. The lowest BCUT2D eigenvalue weighted by molar-refractivity contribution is -0.143. The van der Waals surface area contributed by atoms with Gasteiger partial charge in [0.1, 0.15) is 11.8 Å². The van der Waals surface area contributed by atoms with Gasteiger partial charge in [-0.3, -0.25) is 9.59 Å². The lowest BCUT2D eigenvalue weighted by atomic mass is 10.1. The normalized spacial score (nSPS) is 11.8. The van der Waals surface area contributed by atoms with Crippen molar-refractivity contribution in [2.45, 2.75) is 53.6 Å². The highest BCUT2D eigenvalue weighted by Gasteiger charge is 2.29. The van der Waals surface area contributed by atoms with Crippen LogP contribution < -0.4 is 10.1 Å². The zero-order valence-corrected chi connectivity index (χ0v) is 19.8. The third-order valence-corrected chi connectivity index (χ3v) is 5.43. The fourth-order valence-electron chi connectivity index (χ4n) is 3.24. The van der Waals surface area contributed by atoms with E-state index in [0.717, 1.165) is 16.7 Å². The van der Waals surface area contributed by atoms with Crippen molar-refractivity contribution in [3.05, 3.63) is 64.2 Å². The Labute approximate surface area is 190 Å². The van der Waals surface area contributed by atoms with E-state index in [2.05, 4.69) is 5.32 Å². The minimum absolute atomic E-state index is 0.150. The fourth-order valence-corrected chi connectivity index (χ4v) is 3.43. The summed E-state index contributed by atoms with van der Waals surface area (Å²) in [5.74, 6) is 0.570. The molecule has 0 fully saturated rings. The SMILES string of the molecule is CC[C@H](C(=O)NCC(C)C)N(Cc1ccccc1Cl)C(=O)COc1cc(C)ccc1C. The van der Waals surface area contributed by atoms with Crippen LogP contribution in [0, 0.1) is 19.8 Å². The molecule has 5 nitrogen and oxygen atoms in total. The van der Waals surface area contributed by atoms with Gasteiger partial charge in [0.25, 0.3) is 5.91 Å². The summed E-state index contributed by atoms with van der Waals surface area (Å²) in [5, 5.41) is 3.52. The van der Waals surface area contributed by atoms with Crippen molar-refractivity contribution in [3.8, 4) is 5.75 Å². The molecular weight excluding hydrogens is 412 g/mol. The second kappa shape index (κ2) is 11.8. The molecule has 2 aromatic rings. The summed E-state index contributed by atoms with van der Waals surface area (Å²) >= 11 is 6.34. The largest absolute Gasteiger partial charge is 0.483 e. The van der Waals surface area contributed by atoms with Crippen LogP contribution in [0.1, 0.15) is 43.9 Å². The average molecular weight is 445 g/mol. The number of aryl methyl sites for hydroxylation is 2. The molecule has 2 amide bonds. The van der Waals surface area contributed by atoms with E-state index < -0.39 is 6.04 Å². The first-order chi connectivity index (χ1) is 14.7. The van der Waals surface area contributed by atoms with Gasteiger partial charge in [0.15, 0.2) is 6.61 Å². The van der Waals surface area contributed by atoms with Crippen LogP contribution in [-0.2, 0) is 16.1 Å². The quantitative estimate of drug-likeness (QED) is 0.566. The van der Waals surface area contributed by atoms with Crippen molar-refractivity contribution in [1.82, 2.24) is 10.2 Å². The maximum Gasteiger partial charge on any atom is 0.261 e. The average Bonchev–Trinajstić information content (AvgIpc) is 2.73. The highest BCUT2D eigenvalue weighted by atomic mass is 35.5. The molecule has 0 bridgehead atoms. The number of nitrogens with one attached hydrogen (secondary N) is 1. The molecule has 0 aromatic heterocycles. The van der Waals surface area contributed by atoms with Gasteiger partial charge in [-0.15, -0.1) is 0 Å². The molecule has 0 aliphatic rings. The van der Waals surface area contributed by atoms with Crippen LogP contribution in [-0.4, -0.2) is 35.9 Å². The monoisotopic (exact) mass is 444 g/mol. The molecule has 0 heterocycles. The van der Waals surface area contributed by atoms with Crippen LogP contribution in [0.3, 0.4) is 0 Å². The van der Waals surface area contributed by atoms with Crippen LogP contribution in [0.15, 0.2) is 42.5 Å². The molecule has 0 radical (unpaired) electrons. The molecule has 0 aliphatic carbocycles. The highest BCUT2D eigenvalue weighted by Crippen LogP contribution is 2.22. The number of hydrogen-bond donors (Lipinski definition) is 1. The first-order valence-electron chi connectivity index (χ1n) is 10.7. The zero-order chi connectivity index (χ0) is 23.0. The molecule has 2 rings (SSSR count). The molecule has 2 aromatic carbocycles. The van der Waals surface area contributed by atoms with Crippen LogP contribution >= 0.6 is 11.6 Å². The standard InChI is InChI=1S/C25H33ClN2O3/c1-6-22(25(30)27-14-17(2)3)28(15-20-9-7-8-10-21(20)26)24(29)16-31-23-13-18(4)11-12-19(23)5/h7-13,17,22H,6,14-16H2,1-5H3,(H,27,30)/t22-/m1/s1. The lowest BCUT2D eigenvalue weighted by Gasteiger charge is -2.31. The smallest absolute Gasteiger partial charge is 0.261 e. The second-order valence-corrected chi connectivity index (χ2v) is 8.64. The molecular formula is C25H33ClN2O3. The van der Waals surface area contributed by atoms with Gasteiger partial charge in [-0.05, 0) is 55.0 Å². The summed E-state index contributed by atoms with van der Waals surface area (Å²) in [6.45, 7) is 10.5. The highest BCUT2D eigenvalue weighted by molar-refractivity contribution is 6.31. The first-order valence-corrected chi connectivity index (χ1v) is 11.1. The Kier molecular flexibility index (Phi) is 9.38.